The maximum Gasteiger partial charge on any atom is 0.225 e. The van der Waals surface area contributed by atoms with Crippen molar-refractivity contribution in [1.29, 1.82) is 0 Å². The second-order valence-corrected chi connectivity index (χ2v) is 20.3. The van der Waals surface area contributed by atoms with Crippen molar-refractivity contribution in [2.24, 2.45) is 53.3 Å². The van der Waals surface area contributed by atoms with Gasteiger partial charge in [-0.3, -0.25) is 9.69 Å². The van der Waals surface area contributed by atoms with Crippen LogP contribution in [0, 0.1) is 53.3 Å². The van der Waals surface area contributed by atoms with Crippen LogP contribution in [0.1, 0.15) is 181 Å². The molecule has 0 radical (unpaired) electrons. The van der Waals surface area contributed by atoms with Gasteiger partial charge in [-0.05, 0) is 176 Å². The van der Waals surface area contributed by atoms with Crippen LogP contribution in [0.15, 0.2) is 0 Å². The van der Waals surface area contributed by atoms with Crippen molar-refractivity contribution < 1.29 is 9.90 Å². The first-order valence-electron chi connectivity index (χ1n) is 22.9. The van der Waals surface area contributed by atoms with Crippen molar-refractivity contribution >= 4 is 5.91 Å². The Hall–Kier alpha value is -0.650. The zero-order valence-corrected chi connectivity index (χ0v) is 32.4. The molecule has 0 aromatic heterocycles. The molecule has 10 unspecified atom stereocenters. The molecule has 0 aromatic carbocycles. The number of nitrogens with one attached hydrogen (secondary N) is 2. The number of aliphatic hydroxyl groups excluding tert-OH is 1. The predicted octanol–water partition coefficient (Wildman–Crippen LogP) is 9.40. The summed E-state index contributed by atoms with van der Waals surface area (Å²) in [6.07, 6.45) is 34.5. The van der Waals surface area contributed by atoms with Crippen LogP contribution in [0.4, 0.5) is 0 Å². The third-order valence-electron chi connectivity index (χ3n) is 17.2. The highest BCUT2D eigenvalue weighted by atomic mass is 16.3. The maximum absolute atomic E-state index is 13.8. The number of aliphatic hydroxyl groups is 1. The van der Waals surface area contributed by atoms with Gasteiger partial charge in [-0.25, -0.2) is 0 Å². The zero-order valence-electron chi connectivity index (χ0n) is 32.4. The van der Waals surface area contributed by atoms with Crippen LogP contribution < -0.4 is 10.6 Å². The maximum atomic E-state index is 13.8. The van der Waals surface area contributed by atoms with Gasteiger partial charge < -0.3 is 15.7 Å². The summed E-state index contributed by atoms with van der Waals surface area (Å²) in [5.74, 6) is 6.42. The fourth-order valence-corrected chi connectivity index (χ4v) is 14.3. The van der Waals surface area contributed by atoms with Crippen LogP contribution in [0.25, 0.3) is 0 Å². The fourth-order valence-electron chi connectivity index (χ4n) is 14.3. The van der Waals surface area contributed by atoms with Crippen LogP contribution >= 0.6 is 0 Å². The van der Waals surface area contributed by atoms with E-state index in [0.29, 0.717) is 23.9 Å². The first kappa shape index (κ1) is 36.3. The molecule has 1 heterocycles. The van der Waals surface area contributed by atoms with Crippen molar-refractivity contribution in [3.05, 3.63) is 0 Å². The number of rotatable bonds is 8. The Balaban J connectivity index is 0.783. The SMILES string of the molecule is CC1CCC(N(C2CCC(C)CC2)C2CCC(CCC3CCCC(NC(=O)C4CC5CCC6C7CCCCC7NC6C5CC4O)C3)CC2)CC1. The number of hydrogen-bond donors (Lipinski definition) is 3. The second kappa shape index (κ2) is 16.4. The van der Waals surface area contributed by atoms with Crippen LogP contribution in [0.2, 0.25) is 0 Å². The monoisotopic (exact) mass is 692 g/mol. The Bertz CT molecular complexity index is 1070. The van der Waals surface area contributed by atoms with E-state index < -0.39 is 6.10 Å². The number of carbonyl (C=O) groups is 1. The van der Waals surface area contributed by atoms with E-state index in [2.05, 4.69) is 29.4 Å². The van der Waals surface area contributed by atoms with Crippen LogP contribution in [-0.4, -0.2) is 58.3 Å². The van der Waals surface area contributed by atoms with Crippen LogP contribution in [0.5, 0.6) is 0 Å². The van der Waals surface area contributed by atoms with E-state index in [1.165, 1.54) is 148 Å². The van der Waals surface area contributed by atoms with Gasteiger partial charge in [0.05, 0.1) is 12.0 Å². The van der Waals surface area contributed by atoms with Crippen molar-refractivity contribution in [2.75, 3.05) is 0 Å². The highest BCUT2D eigenvalue weighted by Crippen LogP contribution is 2.52. The van der Waals surface area contributed by atoms with E-state index in [1.807, 2.05) is 0 Å². The normalized spacial score (nSPS) is 48.3. The highest BCUT2D eigenvalue weighted by Gasteiger charge is 2.53. The van der Waals surface area contributed by atoms with Gasteiger partial charge in [-0.2, -0.15) is 0 Å². The number of amides is 1. The van der Waals surface area contributed by atoms with E-state index in [1.54, 1.807) is 0 Å². The second-order valence-electron chi connectivity index (χ2n) is 20.3. The lowest BCUT2D eigenvalue weighted by Crippen LogP contribution is -2.53. The Morgan fingerprint density at radius 1 is 0.620 bits per heavy atom. The standard InChI is InChI=1S/C45H77N3O2/c1-29-10-19-35(20-11-29)48(36-21-12-30(2)13-22-36)37-23-16-31(17-24-37)14-15-32-6-5-7-34(26-32)46-45(50)41-27-33-18-25-39-38-8-3-4-9-42(38)47-44(39)40(33)28-43(41)49/h29-44,47,49H,3-28H2,1-2H3,(H,46,50). The molecule has 7 saturated carbocycles. The summed E-state index contributed by atoms with van der Waals surface area (Å²) < 4.78 is 0. The van der Waals surface area contributed by atoms with E-state index in [0.717, 1.165) is 78.9 Å². The molecule has 0 aromatic rings. The number of nitrogens with zero attached hydrogens (tertiary/aromatic N) is 1. The molecule has 3 N–H and O–H groups in total. The summed E-state index contributed by atoms with van der Waals surface area (Å²) in [6, 6.07) is 4.20. The van der Waals surface area contributed by atoms with E-state index in [4.69, 9.17) is 0 Å². The van der Waals surface area contributed by atoms with Gasteiger partial charge >= 0.3 is 0 Å². The lowest BCUT2D eigenvalue weighted by Gasteiger charge is -2.49. The number of hydrogen-bond acceptors (Lipinski definition) is 4. The summed E-state index contributed by atoms with van der Waals surface area (Å²) in [4.78, 5) is 16.9. The summed E-state index contributed by atoms with van der Waals surface area (Å²) >= 11 is 0. The number of fused-ring (bicyclic) bond motifs is 5. The molecule has 8 aliphatic rings. The molecule has 50 heavy (non-hydrogen) atoms. The first-order chi connectivity index (χ1) is 24.4. The smallest absolute Gasteiger partial charge is 0.225 e. The first-order valence-corrected chi connectivity index (χ1v) is 22.9. The van der Waals surface area contributed by atoms with Gasteiger partial charge in [0.15, 0.2) is 0 Å². The van der Waals surface area contributed by atoms with Gasteiger partial charge in [0.1, 0.15) is 0 Å². The van der Waals surface area contributed by atoms with Gasteiger partial charge in [0.2, 0.25) is 5.91 Å². The van der Waals surface area contributed by atoms with Gasteiger partial charge in [0, 0.05) is 36.3 Å². The van der Waals surface area contributed by atoms with Crippen molar-refractivity contribution in [1.82, 2.24) is 15.5 Å². The Morgan fingerprint density at radius 3 is 1.96 bits per heavy atom. The summed E-state index contributed by atoms with van der Waals surface area (Å²) in [5.41, 5.74) is 0. The fraction of sp³-hybridized carbons (Fsp3) is 0.978. The van der Waals surface area contributed by atoms with Crippen LogP contribution in [0.3, 0.4) is 0 Å². The highest BCUT2D eigenvalue weighted by molar-refractivity contribution is 5.79. The minimum absolute atomic E-state index is 0.180. The van der Waals surface area contributed by atoms with E-state index in [-0.39, 0.29) is 11.8 Å². The van der Waals surface area contributed by atoms with Crippen molar-refractivity contribution in [3.63, 3.8) is 0 Å². The molecule has 0 spiro atoms. The zero-order chi connectivity index (χ0) is 34.2. The minimum Gasteiger partial charge on any atom is -0.392 e. The third-order valence-corrected chi connectivity index (χ3v) is 17.2. The Labute approximate surface area is 307 Å². The van der Waals surface area contributed by atoms with Crippen LogP contribution in [-0.2, 0) is 4.79 Å². The van der Waals surface area contributed by atoms with Crippen molar-refractivity contribution in [2.45, 2.75) is 223 Å². The quantitative estimate of drug-likeness (QED) is 0.237. The molecule has 8 rings (SSSR count). The molecule has 1 amide bonds. The molecule has 5 heteroatoms. The van der Waals surface area contributed by atoms with Gasteiger partial charge in [-0.15, -0.1) is 0 Å². The van der Waals surface area contributed by atoms with E-state index >= 15 is 0 Å². The summed E-state index contributed by atoms with van der Waals surface area (Å²) in [5, 5.41) is 19.0. The average molecular weight is 692 g/mol. The molecule has 7 aliphatic carbocycles. The molecular weight excluding hydrogens is 615 g/mol. The summed E-state index contributed by atoms with van der Waals surface area (Å²) in [6.45, 7) is 4.96. The average Bonchev–Trinajstić information content (AvgIpc) is 3.52. The Kier molecular flexibility index (Phi) is 11.9. The molecule has 0 bridgehead atoms. The van der Waals surface area contributed by atoms with Crippen molar-refractivity contribution in [3.8, 4) is 0 Å². The molecule has 8 fully saturated rings. The lowest BCUT2D eigenvalue weighted by atomic mass is 9.60. The molecule has 5 nitrogen and oxygen atoms in total. The largest absolute Gasteiger partial charge is 0.392 e. The topological polar surface area (TPSA) is 64.6 Å². The lowest BCUT2D eigenvalue weighted by molar-refractivity contribution is -0.135. The third kappa shape index (κ3) is 8.06. The molecule has 1 saturated heterocycles. The van der Waals surface area contributed by atoms with Gasteiger partial charge in [0.25, 0.3) is 0 Å². The summed E-state index contributed by atoms with van der Waals surface area (Å²) in [7, 11) is 0. The molecule has 284 valence electrons. The van der Waals surface area contributed by atoms with Gasteiger partial charge in [-0.1, -0.05) is 52.4 Å². The predicted molar refractivity (Wildman–Crippen MR) is 205 cm³/mol. The number of carbonyl (C=O) groups excluding carboxylic acids is 1. The Morgan fingerprint density at radius 2 is 1.26 bits per heavy atom. The molecule has 10 atom stereocenters. The minimum atomic E-state index is -0.465. The molecular formula is C45H77N3O2. The van der Waals surface area contributed by atoms with E-state index in [9.17, 15) is 9.90 Å². The molecule has 1 aliphatic heterocycles.